The summed E-state index contributed by atoms with van der Waals surface area (Å²) in [6.07, 6.45) is 0.959. The lowest BCUT2D eigenvalue weighted by molar-refractivity contribution is 0.187. The summed E-state index contributed by atoms with van der Waals surface area (Å²) in [4.78, 5) is 14.2. The fourth-order valence-electron chi connectivity index (χ4n) is 2.30. The third-order valence-corrected chi connectivity index (χ3v) is 5.20. The summed E-state index contributed by atoms with van der Waals surface area (Å²) < 4.78 is 32.2. The molecule has 0 saturated heterocycles. The van der Waals surface area contributed by atoms with Crippen LogP contribution in [0.4, 0.5) is 16.2 Å². The van der Waals surface area contributed by atoms with Crippen molar-refractivity contribution in [2.24, 2.45) is 0 Å². The van der Waals surface area contributed by atoms with E-state index in [2.05, 4.69) is 19.8 Å². The number of amides is 1. The van der Waals surface area contributed by atoms with Gasteiger partial charge in [0.15, 0.2) is 0 Å². The van der Waals surface area contributed by atoms with Crippen LogP contribution in [0.1, 0.15) is 0 Å². The number of sulfonamides is 1. The maximum atomic E-state index is 12.6. The van der Waals surface area contributed by atoms with Gasteiger partial charge < -0.3 is 9.72 Å². The number of H-pyrrole nitrogens is 1. The van der Waals surface area contributed by atoms with Crippen LogP contribution in [0.2, 0.25) is 5.02 Å². The van der Waals surface area contributed by atoms with Gasteiger partial charge in [-0.3, -0.25) is 10.0 Å². The lowest BCUT2D eigenvalue weighted by Crippen LogP contribution is -2.14. The Hall–Kier alpha value is -2.71. The molecule has 0 unspecified atom stereocenters. The molecule has 2 aromatic carbocycles. The van der Waals surface area contributed by atoms with Crippen molar-refractivity contribution in [2.75, 3.05) is 17.1 Å². The molecule has 3 aromatic rings. The molecule has 0 fully saturated rings. The third-order valence-electron chi connectivity index (χ3n) is 3.51. The molecule has 0 saturated carbocycles. The minimum Gasteiger partial charge on any atom is -0.453 e. The molecule has 0 aliphatic rings. The van der Waals surface area contributed by atoms with Crippen LogP contribution >= 0.6 is 11.6 Å². The number of benzene rings is 2. The van der Waals surface area contributed by atoms with Crippen molar-refractivity contribution in [1.29, 1.82) is 0 Å². The number of carbonyl (C=O) groups is 1. The van der Waals surface area contributed by atoms with Crippen molar-refractivity contribution in [2.45, 2.75) is 4.90 Å². The number of fused-ring (bicyclic) bond motifs is 1. The Balaban J connectivity index is 1.87. The summed E-state index contributed by atoms with van der Waals surface area (Å²) in [6.45, 7) is 0. The van der Waals surface area contributed by atoms with E-state index in [4.69, 9.17) is 11.6 Å². The molecule has 1 amide bonds. The second-order valence-electron chi connectivity index (χ2n) is 5.11. The van der Waals surface area contributed by atoms with Crippen molar-refractivity contribution in [3.05, 3.63) is 53.7 Å². The van der Waals surface area contributed by atoms with Gasteiger partial charge in [-0.2, -0.15) is 0 Å². The highest BCUT2D eigenvalue weighted by molar-refractivity contribution is 7.92. The van der Waals surface area contributed by atoms with Gasteiger partial charge in [0.25, 0.3) is 10.0 Å². The van der Waals surface area contributed by atoms with Gasteiger partial charge in [0, 0.05) is 17.3 Å². The smallest absolute Gasteiger partial charge is 0.411 e. The van der Waals surface area contributed by atoms with Gasteiger partial charge in [-0.15, -0.1) is 0 Å². The van der Waals surface area contributed by atoms with Crippen LogP contribution in [0.3, 0.4) is 0 Å². The zero-order chi connectivity index (χ0) is 18.0. The largest absolute Gasteiger partial charge is 0.453 e. The fraction of sp³-hybridized carbons (Fsp3) is 0.0625. The number of carbonyl (C=O) groups excluding carboxylic acids is 1. The average molecular weight is 380 g/mol. The molecule has 3 N–H and O–H groups in total. The van der Waals surface area contributed by atoms with Crippen LogP contribution in [0.5, 0.6) is 0 Å². The summed E-state index contributed by atoms with van der Waals surface area (Å²) >= 11 is 6.05. The molecule has 0 atom stereocenters. The van der Waals surface area contributed by atoms with Gasteiger partial charge in [0.1, 0.15) is 0 Å². The fourth-order valence-corrected chi connectivity index (χ4v) is 3.58. The van der Waals surface area contributed by atoms with Crippen LogP contribution in [-0.2, 0) is 14.8 Å². The maximum absolute atomic E-state index is 12.6. The lowest BCUT2D eigenvalue weighted by atomic mass is 10.2. The number of para-hydroxylation sites is 1. The first-order valence-electron chi connectivity index (χ1n) is 7.14. The SMILES string of the molecule is COC(=O)Nc1ccc(S(=O)(=O)Nc2cccc3c(Cl)c[nH]c23)cc1. The molecular weight excluding hydrogens is 366 g/mol. The van der Waals surface area contributed by atoms with Crippen LogP contribution in [0.25, 0.3) is 10.9 Å². The highest BCUT2D eigenvalue weighted by atomic mass is 35.5. The van der Waals surface area contributed by atoms with Gasteiger partial charge in [0.2, 0.25) is 0 Å². The lowest BCUT2D eigenvalue weighted by Gasteiger charge is -2.10. The van der Waals surface area contributed by atoms with E-state index in [9.17, 15) is 13.2 Å². The molecule has 7 nitrogen and oxygen atoms in total. The van der Waals surface area contributed by atoms with Crippen LogP contribution in [0.15, 0.2) is 53.6 Å². The van der Waals surface area contributed by atoms with E-state index in [1.807, 2.05) is 0 Å². The van der Waals surface area contributed by atoms with Gasteiger partial charge in [-0.25, -0.2) is 13.2 Å². The molecule has 9 heteroatoms. The van der Waals surface area contributed by atoms with E-state index in [-0.39, 0.29) is 4.90 Å². The van der Waals surface area contributed by atoms with E-state index in [1.165, 1.54) is 31.4 Å². The number of hydrogen-bond acceptors (Lipinski definition) is 4. The number of nitrogens with one attached hydrogen (secondary N) is 3. The average Bonchev–Trinajstić information content (AvgIpc) is 2.97. The van der Waals surface area contributed by atoms with Crippen molar-refractivity contribution >= 4 is 50.0 Å². The standard InChI is InChI=1S/C16H14ClN3O4S/c1-24-16(21)19-10-5-7-11(8-6-10)25(22,23)20-14-4-2-3-12-13(17)9-18-15(12)14/h2-9,18,20H,1H3,(H,19,21). The Kier molecular flexibility index (Phi) is 4.56. The predicted octanol–water partition coefficient (Wildman–Crippen LogP) is 3.80. The van der Waals surface area contributed by atoms with Gasteiger partial charge in [0.05, 0.1) is 28.2 Å². The monoisotopic (exact) mass is 379 g/mol. The number of aromatic nitrogens is 1. The molecule has 0 bridgehead atoms. The van der Waals surface area contributed by atoms with E-state index in [1.54, 1.807) is 24.4 Å². The molecule has 0 aliphatic heterocycles. The summed E-state index contributed by atoms with van der Waals surface area (Å²) in [5, 5.41) is 3.68. The highest BCUT2D eigenvalue weighted by Gasteiger charge is 2.17. The van der Waals surface area contributed by atoms with Gasteiger partial charge >= 0.3 is 6.09 Å². The molecule has 130 valence electrons. The predicted molar refractivity (Wildman–Crippen MR) is 96.6 cm³/mol. The van der Waals surface area contributed by atoms with Gasteiger partial charge in [-0.05, 0) is 30.3 Å². The Labute approximate surface area is 149 Å². The summed E-state index contributed by atoms with van der Waals surface area (Å²) in [5.74, 6) is 0. The van der Waals surface area contributed by atoms with Crippen molar-refractivity contribution in [3.8, 4) is 0 Å². The molecule has 25 heavy (non-hydrogen) atoms. The number of methoxy groups -OCH3 is 1. The Morgan fingerprint density at radius 2 is 1.88 bits per heavy atom. The van der Waals surface area contributed by atoms with Crippen molar-refractivity contribution in [1.82, 2.24) is 4.98 Å². The van der Waals surface area contributed by atoms with Crippen LogP contribution in [-0.4, -0.2) is 26.6 Å². The zero-order valence-corrected chi connectivity index (χ0v) is 14.6. The third kappa shape index (κ3) is 3.54. The first-order chi connectivity index (χ1) is 11.9. The summed E-state index contributed by atoms with van der Waals surface area (Å²) in [6, 6.07) is 10.8. The maximum Gasteiger partial charge on any atom is 0.411 e. The van der Waals surface area contributed by atoms with Crippen LogP contribution in [0, 0.1) is 0 Å². The molecule has 0 aliphatic carbocycles. The van der Waals surface area contributed by atoms with Gasteiger partial charge in [-0.1, -0.05) is 23.7 Å². The Morgan fingerprint density at radius 3 is 2.56 bits per heavy atom. The molecular formula is C16H14ClN3O4S. The van der Waals surface area contributed by atoms with E-state index < -0.39 is 16.1 Å². The quantitative estimate of drug-likeness (QED) is 0.641. The molecule has 3 rings (SSSR count). The van der Waals surface area contributed by atoms with Crippen LogP contribution < -0.4 is 10.0 Å². The summed E-state index contributed by atoms with van der Waals surface area (Å²) in [7, 11) is -2.56. The number of hydrogen-bond donors (Lipinski definition) is 3. The number of halogens is 1. The molecule has 0 radical (unpaired) electrons. The number of rotatable bonds is 4. The first-order valence-corrected chi connectivity index (χ1v) is 9.00. The van der Waals surface area contributed by atoms with Crippen molar-refractivity contribution in [3.63, 3.8) is 0 Å². The van der Waals surface area contributed by atoms with Crippen molar-refractivity contribution < 1.29 is 17.9 Å². The highest BCUT2D eigenvalue weighted by Crippen LogP contribution is 2.30. The topological polar surface area (TPSA) is 100 Å². The Morgan fingerprint density at radius 1 is 1.16 bits per heavy atom. The minimum absolute atomic E-state index is 0.0533. The second-order valence-corrected chi connectivity index (χ2v) is 7.20. The van der Waals surface area contributed by atoms with E-state index >= 15 is 0 Å². The number of anilines is 2. The zero-order valence-electron chi connectivity index (χ0n) is 13.0. The van der Waals surface area contributed by atoms with E-state index in [0.717, 1.165) is 5.39 Å². The first kappa shape index (κ1) is 17.1. The molecule has 1 aromatic heterocycles. The summed E-state index contributed by atoms with van der Waals surface area (Å²) in [5.41, 5.74) is 1.41. The second kappa shape index (κ2) is 6.66. The number of ether oxygens (including phenoxy) is 1. The molecule has 1 heterocycles. The Bertz CT molecular complexity index is 1030. The molecule has 0 spiro atoms. The van der Waals surface area contributed by atoms with E-state index in [0.29, 0.717) is 21.9 Å². The normalized spacial score (nSPS) is 11.3. The minimum atomic E-state index is -3.80. The number of aromatic amines is 1.